The first-order valence-corrected chi connectivity index (χ1v) is 12.1. The summed E-state index contributed by atoms with van der Waals surface area (Å²) in [7, 11) is 1.69. The number of nitrogens with zero attached hydrogens (tertiary/aromatic N) is 3. The Morgan fingerprint density at radius 1 is 1.10 bits per heavy atom. The fraction of sp³-hybridized carbons (Fsp3) is 0.458. The van der Waals surface area contributed by atoms with Crippen LogP contribution in [-0.4, -0.2) is 74.5 Å². The van der Waals surface area contributed by atoms with Crippen molar-refractivity contribution in [2.75, 3.05) is 63.6 Å². The summed E-state index contributed by atoms with van der Waals surface area (Å²) in [6.45, 7) is 8.58. The minimum Gasteiger partial charge on any atom is -0.492 e. The average molecular weight is 441 g/mol. The van der Waals surface area contributed by atoms with Crippen molar-refractivity contribution in [1.82, 2.24) is 15.1 Å². The van der Waals surface area contributed by atoms with Crippen molar-refractivity contribution >= 4 is 23.5 Å². The number of hydrogen-bond acceptors (Lipinski definition) is 5. The molecule has 166 valence electrons. The molecule has 0 aromatic heterocycles. The lowest BCUT2D eigenvalue weighted by atomic mass is 10.1. The molecule has 0 radical (unpaired) electrons. The normalized spacial score (nSPS) is 19.5. The topological polar surface area (TPSA) is 48.1 Å². The van der Waals surface area contributed by atoms with Gasteiger partial charge in [0.25, 0.3) is 0 Å². The fourth-order valence-electron chi connectivity index (χ4n) is 4.22. The first-order valence-electron chi connectivity index (χ1n) is 11.0. The molecular weight excluding hydrogens is 408 g/mol. The van der Waals surface area contributed by atoms with Crippen LogP contribution in [0.15, 0.2) is 48.5 Å². The summed E-state index contributed by atoms with van der Waals surface area (Å²) in [5, 5.41) is 2.77. The minimum absolute atomic E-state index is 0.00395. The molecule has 2 fully saturated rings. The second kappa shape index (κ2) is 10.3. The third-order valence-electron chi connectivity index (χ3n) is 5.96. The Morgan fingerprint density at radius 3 is 2.61 bits per heavy atom. The molecule has 1 N–H and O–H groups in total. The molecule has 2 aromatic carbocycles. The number of ether oxygens (including phenoxy) is 1. The molecule has 1 atom stereocenters. The van der Waals surface area contributed by atoms with Gasteiger partial charge in [0.15, 0.2) is 0 Å². The van der Waals surface area contributed by atoms with Gasteiger partial charge in [0.1, 0.15) is 17.7 Å². The number of nitrogens with one attached hydrogen (secondary N) is 1. The van der Waals surface area contributed by atoms with Crippen molar-refractivity contribution in [2.24, 2.45) is 0 Å². The lowest BCUT2D eigenvalue weighted by Gasteiger charge is -2.36. The first-order chi connectivity index (χ1) is 15.2. The summed E-state index contributed by atoms with van der Waals surface area (Å²) >= 11 is 1.80. The molecule has 7 heteroatoms. The maximum absolute atomic E-state index is 12.3. The largest absolute Gasteiger partial charge is 0.492 e. The molecule has 0 spiro atoms. The Bertz CT molecular complexity index is 871. The summed E-state index contributed by atoms with van der Waals surface area (Å²) in [5.74, 6) is 1.83. The molecule has 31 heavy (non-hydrogen) atoms. The number of carbonyl (C=O) groups is 1. The SMILES string of the molecule is CNC(=O)N1CCSC1c1cc(C)ccc1OCCN1CCN(c2ccccc2)CC1. The van der Waals surface area contributed by atoms with E-state index in [9.17, 15) is 4.79 Å². The molecule has 0 aliphatic carbocycles. The maximum Gasteiger partial charge on any atom is 0.318 e. The van der Waals surface area contributed by atoms with Crippen LogP contribution in [-0.2, 0) is 0 Å². The molecule has 1 unspecified atom stereocenters. The van der Waals surface area contributed by atoms with Crippen molar-refractivity contribution in [2.45, 2.75) is 12.3 Å². The number of thioether (sulfide) groups is 1. The van der Waals surface area contributed by atoms with Gasteiger partial charge in [-0.05, 0) is 31.2 Å². The highest BCUT2D eigenvalue weighted by atomic mass is 32.2. The van der Waals surface area contributed by atoms with E-state index in [-0.39, 0.29) is 11.4 Å². The molecule has 0 saturated carbocycles. The number of para-hydroxylation sites is 1. The molecule has 2 saturated heterocycles. The van der Waals surface area contributed by atoms with Crippen LogP contribution in [0.25, 0.3) is 0 Å². The van der Waals surface area contributed by atoms with E-state index in [0.717, 1.165) is 56.3 Å². The van der Waals surface area contributed by atoms with E-state index in [4.69, 9.17) is 4.74 Å². The molecule has 0 bridgehead atoms. The Kier molecular flexibility index (Phi) is 7.25. The van der Waals surface area contributed by atoms with Gasteiger partial charge in [-0.25, -0.2) is 4.79 Å². The number of carbonyl (C=O) groups excluding carboxylic acids is 1. The number of benzene rings is 2. The number of urea groups is 1. The fourth-order valence-corrected chi connectivity index (χ4v) is 5.49. The summed E-state index contributed by atoms with van der Waals surface area (Å²) in [5.41, 5.74) is 3.58. The monoisotopic (exact) mass is 440 g/mol. The van der Waals surface area contributed by atoms with Crippen LogP contribution < -0.4 is 15.0 Å². The Labute approximate surface area is 189 Å². The van der Waals surface area contributed by atoms with Crippen molar-refractivity contribution < 1.29 is 9.53 Å². The van der Waals surface area contributed by atoms with Gasteiger partial charge in [-0.3, -0.25) is 4.90 Å². The maximum atomic E-state index is 12.3. The van der Waals surface area contributed by atoms with Crippen molar-refractivity contribution in [1.29, 1.82) is 0 Å². The van der Waals surface area contributed by atoms with E-state index in [1.165, 1.54) is 11.3 Å². The summed E-state index contributed by atoms with van der Waals surface area (Å²) in [6.07, 6.45) is 0. The van der Waals surface area contributed by atoms with Crippen molar-refractivity contribution in [3.05, 3.63) is 59.7 Å². The number of hydrogen-bond donors (Lipinski definition) is 1. The van der Waals surface area contributed by atoms with E-state index >= 15 is 0 Å². The number of aryl methyl sites for hydroxylation is 1. The van der Waals surface area contributed by atoms with Gasteiger partial charge in [0.05, 0.1) is 0 Å². The van der Waals surface area contributed by atoms with Gasteiger partial charge in [-0.2, -0.15) is 0 Å². The Hall–Kier alpha value is -2.38. The van der Waals surface area contributed by atoms with E-state index in [0.29, 0.717) is 6.61 Å². The highest BCUT2D eigenvalue weighted by Gasteiger charge is 2.32. The Morgan fingerprint density at radius 2 is 1.87 bits per heavy atom. The molecule has 4 rings (SSSR count). The zero-order valence-corrected chi connectivity index (χ0v) is 19.2. The quantitative estimate of drug-likeness (QED) is 0.744. The third-order valence-corrected chi connectivity index (χ3v) is 7.20. The number of anilines is 1. The highest BCUT2D eigenvalue weighted by molar-refractivity contribution is 7.99. The second-order valence-electron chi connectivity index (χ2n) is 8.03. The molecular formula is C24H32N4O2S. The minimum atomic E-state index is -0.0289. The van der Waals surface area contributed by atoms with Crippen LogP contribution in [0.4, 0.5) is 10.5 Å². The van der Waals surface area contributed by atoms with E-state index in [2.05, 4.69) is 70.6 Å². The van der Waals surface area contributed by atoms with Gasteiger partial charge in [0, 0.05) is 63.3 Å². The molecule has 2 aliphatic heterocycles. The molecule has 2 amide bonds. The van der Waals surface area contributed by atoms with Crippen LogP contribution in [0.5, 0.6) is 5.75 Å². The standard InChI is InChI=1S/C24H32N4O2S/c1-19-8-9-22(21(18-19)23-28(15-17-31-23)24(29)25-2)30-16-14-26-10-12-27(13-11-26)20-6-4-3-5-7-20/h3-9,18,23H,10-17H2,1-2H3,(H,25,29). The highest BCUT2D eigenvalue weighted by Crippen LogP contribution is 2.42. The summed E-state index contributed by atoms with van der Waals surface area (Å²) < 4.78 is 6.25. The van der Waals surface area contributed by atoms with Crippen molar-refractivity contribution in [3.8, 4) is 5.75 Å². The molecule has 2 aliphatic rings. The zero-order valence-electron chi connectivity index (χ0n) is 18.4. The number of piperazine rings is 1. The van der Waals surface area contributed by atoms with Crippen LogP contribution in [0.3, 0.4) is 0 Å². The van der Waals surface area contributed by atoms with Gasteiger partial charge in [-0.1, -0.05) is 29.8 Å². The number of amides is 2. The van der Waals surface area contributed by atoms with E-state index in [1.54, 1.807) is 18.8 Å². The smallest absolute Gasteiger partial charge is 0.318 e. The second-order valence-corrected chi connectivity index (χ2v) is 9.21. The molecule has 6 nitrogen and oxygen atoms in total. The molecule has 2 aromatic rings. The van der Waals surface area contributed by atoms with Gasteiger partial charge in [-0.15, -0.1) is 11.8 Å². The van der Waals surface area contributed by atoms with Gasteiger partial charge < -0.3 is 19.9 Å². The summed E-state index contributed by atoms with van der Waals surface area (Å²) in [4.78, 5) is 19.1. The lowest BCUT2D eigenvalue weighted by molar-refractivity contribution is 0.194. The van der Waals surface area contributed by atoms with Gasteiger partial charge >= 0.3 is 6.03 Å². The van der Waals surface area contributed by atoms with Crippen LogP contribution in [0.1, 0.15) is 16.5 Å². The summed E-state index contributed by atoms with van der Waals surface area (Å²) in [6, 6.07) is 16.9. The molecule has 2 heterocycles. The number of rotatable bonds is 6. The van der Waals surface area contributed by atoms with Crippen LogP contribution in [0, 0.1) is 6.92 Å². The predicted octanol–water partition coefficient (Wildman–Crippen LogP) is 3.58. The Balaban J connectivity index is 1.33. The van der Waals surface area contributed by atoms with E-state index < -0.39 is 0 Å². The lowest BCUT2D eigenvalue weighted by Crippen LogP contribution is -2.47. The average Bonchev–Trinajstić information content (AvgIpc) is 3.30. The van der Waals surface area contributed by atoms with Crippen LogP contribution >= 0.6 is 11.8 Å². The predicted molar refractivity (Wildman–Crippen MR) is 128 cm³/mol. The van der Waals surface area contributed by atoms with E-state index in [1.807, 2.05) is 4.90 Å². The first kappa shape index (κ1) is 21.8. The van der Waals surface area contributed by atoms with Crippen LogP contribution in [0.2, 0.25) is 0 Å². The van der Waals surface area contributed by atoms with Crippen molar-refractivity contribution in [3.63, 3.8) is 0 Å². The zero-order chi connectivity index (χ0) is 21.6. The van der Waals surface area contributed by atoms with Gasteiger partial charge in [0.2, 0.25) is 0 Å². The third kappa shape index (κ3) is 5.28.